The van der Waals surface area contributed by atoms with Gasteiger partial charge in [-0.15, -0.1) is 0 Å². The van der Waals surface area contributed by atoms with Gasteiger partial charge in [0, 0.05) is 0 Å². The summed E-state index contributed by atoms with van der Waals surface area (Å²) in [6.45, 7) is 3.28. The van der Waals surface area contributed by atoms with Gasteiger partial charge in [0.15, 0.2) is 11.5 Å². The third-order valence-corrected chi connectivity index (χ3v) is 2.66. The number of amides is 2. The highest BCUT2D eigenvalue weighted by Gasteiger charge is 2.09. The number of hydrogen-bond donors (Lipinski definition) is 2. The number of carbonyl (C=O) groups is 2. The molecule has 2 amide bonds. The molecule has 0 fully saturated rings. The zero-order valence-electron chi connectivity index (χ0n) is 12.0. The molecule has 2 heterocycles. The molecule has 0 spiro atoms. The Morgan fingerprint density at radius 3 is 1.59 bits per heavy atom. The third-order valence-electron chi connectivity index (χ3n) is 2.66. The summed E-state index contributed by atoms with van der Waals surface area (Å²) in [7, 11) is 0. The summed E-state index contributed by atoms with van der Waals surface area (Å²) in [6, 6.07) is 6.24. The van der Waals surface area contributed by atoms with E-state index in [9.17, 15) is 9.59 Å². The van der Waals surface area contributed by atoms with Gasteiger partial charge in [-0.25, -0.2) is 10.9 Å². The van der Waals surface area contributed by atoms with Gasteiger partial charge in [0.2, 0.25) is 0 Å². The van der Waals surface area contributed by atoms with Gasteiger partial charge in [0.05, 0.1) is 23.9 Å². The molecule has 0 unspecified atom stereocenters. The summed E-state index contributed by atoms with van der Waals surface area (Å²) in [4.78, 5) is 23.2. The summed E-state index contributed by atoms with van der Waals surface area (Å²) in [5, 5.41) is 7.74. The molecule has 0 saturated heterocycles. The molecule has 0 aromatic carbocycles. The highest BCUT2D eigenvalue weighted by atomic mass is 16.3. The first-order chi connectivity index (χ1) is 10.6. The molecule has 2 N–H and O–H groups in total. The fourth-order valence-corrected chi connectivity index (χ4v) is 1.36. The van der Waals surface area contributed by atoms with Crippen LogP contribution in [-0.4, -0.2) is 23.2 Å². The maximum atomic E-state index is 11.6. The van der Waals surface area contributed by atoms with Crippen LogP contribution >= 0.6 is 0 Å². The molecule has 0 bridgehead atoms. The van der Waals surface area contributed by atoms with Crippen LogP contribution in [0.3, 0.4) is 0 Å². The highest BCUT2D eigenvalue weighted by Crippen LogP contribution is 2.00. The zero-order valence-corrected chi connectivity index (χ0v) is 12.0. The van der Waals surface area contributed by atoms with E-state index in [-0.39, 0.29) is 11.5 Å². The molecule has 0 radical (unpaired) electrons. The van der Waals surface area contributed by atoms with Crippen molar-refractivity contribution in [3.63, 3.8) is 0 Å². The number of carbonyl (C=O) groups excluding carboxylic acids is 2. The highest BCUT2D eigenvalue weighted by molar-refractivity contribution is 6.40. The molecule has 22 heavy (non-hydrogen) atoms. The number of nitrogens with one attached hydrogen (secondary N) is 2. The van der Waals surface area contributed by atoms with E-state index in [2.05, 4.69) is 21.1 Å². The first-order valence-corrected chi connectivity index (χ1v) is 6.34. The molecule has 0 atom stereocenters. The Hall–Kier alpha value is -3.16. The van der Waals surface area contributed by atoms with Crippen molar-refractivity contribution < 1.29 is 18.4 Å². The molecule has 0 aliphatic heterocycles. The standard InChI is InChI=1S/C14H14N4O4/c1-9(15-17-13(19)11-5-3-7-21-11)10(2)16-18-14(20)12-6-4-8-22-12/h3-8H,1-2H3,(H,17,19)(H,18,20)/b15-9-,16-10-. The van der Waals surface area contributed by atoms with Gasteiger partial charge in [-0.1, -0.05) is 0 Å². The second kappa shape index (κ2) is 7.02. The van der Waals surface area contributed by atoms with E-state index < -0.39 is 11.8 Å². The largest absolute Gasteiger partial charge is 0.459 e. The van der Waals surface area contributed by atoms with Gasteiger partial charge in [0.1, 0.15) is 0 Å². The smallest absolute Gasteiger partial charge is 0.307 e. The molecule has 0 aliphatic rings. The Balaban J connectivity index is 1.91. The van der Waals surface area contributed by atoms with Crippen molar-refractivity contribution in [2.45, 2.75) is 13.8 Å². The number of hydrogen-bond acceptors (Lipinski definition) is 6. The van der Waals surface area contributed by atoms with Crippen molar-refractivity contribution in [2.24, 2.45) is 10.2 Å². The molecule has 0 aliphatic carbocycles. The van der Waals surface area contributed by atoms with Crippen molar-refractivity contribution >= 4 is 23.2 Å². The minimum absolute atomic E-state index is 0.150. The normalized spacial score (nSPS) is 12.1. The van der Waals surface area contributed by atoms with Gasteiger partial charge < -0.3 is 8.83 Å². The van der Waals surface area contributed by atoms with Gasteiger partial charge >= 0.3 is 11.8 Å². The Labute approximate surface area is 125 Å². The lowest BCUT2D eigenvalue weighted by Crippen LogP contribution is -2.23. The van der Waals surface area contributed by atoms with Crippen molar-refractivity contribution in [2.75, 3.05) is 0 Å². The van der Waals surface area contributed by atoms with Crippen LogP contribution in [0.25, 0.3) is 0 Å². The van der Waals surface area contributed by atoms with Crippen molar-refractivity contribution in [1.29, 1.82) is 0 Å². The van der Waals surface area contributed by atoms with E-state index in [1.807, 2.05) is 0 Å². The van der Waals surface area contributed by atoms with Crippen LogP contribution in [0, 0.1) is 0 Å². The first-order valence-electron chi connectivity index (χ1n) is 6.34. The minimum atomic E-state index is -0.475. The molecule has 0 saturated carbocycles. The maximum absolute atomic E-state index is 11.6. The van der Waals surface area contributed by atoms with Crippen LogP contribution in [0.15, 0.2) is 55.8 Å². The summed E-state index contributed by atoms with van der Waals surface area (Å²) in [5.41, 5.74) is 5.51. The van der Waals surface area contributed by atoms with Crippen LogP contribution in [0.5, 0.6) is 0 Å². The molecular formula is C14H14N4O4. The van der Waals surface area contributed by atoms with Crippen molar-refractivity contribution in [3.05, 3.63) is 48.3 Å². The minimum Gasteiger partial charge on any atom is -0.459 e. The number of hydrazone groups is 2. The zero-order chi connectivity index (χ0) is 15.9. The topological polar surface area (TPSA) is 109 Å². The molecule has 2 rings (SSSR count). The summed E-state index contributed by atoms with van der Waals surface area (Å²) < 4.78 is 9.86. The van der Waals surface area contributed by atoms with Crippen LogP contribution < -0.4 is 10.9 Å². The van der Waals surface area contributed by atoms with Gasteiger partial charge in [0.25, 0.3) is 0 Å². The van der Waals surface area contributed by atoms with Crippen LogP contribution in [0.1, 0.15) is 35.0 Å². The molecule has 114 valence electrons. The van der Waals surface area contributed by atoms with Crippen LogP contribution in [-0.2, 0) is 0 Å². The molecular weight excluding hydrogens is 288 g/mol. The molecule has 8 nitrogen and oxygen atoms in total. The van der Waals surface area contributed by atoms with Crippen molar-refractivity contribution in [1.82, 2.24) is 10.9 Å². The van der Waals surface area contributed by atoms with Gasteiger partial charge in [-0.3, -0.25) is 9.59 Å². The summed E-state index contributed by atoms with van der Waals surface area (Å²) in [6.07, 6.45) is 2.78. The van der Waals surface area contributed by atoms with E-state index in [1.165, 1.54) is 24.7 Å². The van der Waals surface area contributed by atoms with Crippen LogP contribution in [0.2, 0.25) is 0 Å². The summed E-state index contributed by atoms with van der Waals surface area (Å²) >= 11 is 0. The van der Waals surface area contributed by atoms with E-state index in [4.69, 9.17) is 8.83 Å². The van der Waals surface area contributed by atoms with E-state index >= 15 is 0 Å². The quantitative estimate of drug-likeness (QED) is 0.648. The Bertz CT molecular complexity index is 637. The van der Waals surface area contributed by atoms with Gasteiger partial charge in [-0.2, -0.15) is 10.2 Å². The maximum Gasteiger partial charge on any atom is 0.307 e. The fraction of sp³-hybridized carbons (Fsp3) is 0.143. The molecule has 2 aromatic rings. The SMILES string of the molecule is CC(=N/NC(=O)c1ccco1)/C(C)=N\NC(=O)c1ccco1. The average molecular weight is 302 g/mol. The monoisotopic (exact) mass is 302 g/mol. The third kappa shape index (κ3) is 3.92. The second-order valence-electron chi connectivity index (χ2n) is 4.23. The van der Waals surface area contributed by atoms with E-state index in [0.29, 0.717) is 11.4 Å². The van der Waals surface area contributed by atoms with Crippen molar-refractivity contribution in [3.8, 4) is 0 Å². The molecule has 8 heteroatoms. The Morgan fingerprint density at radius 1 is 0.864 bits per heavy atom. The molecule has 2 aromatic heterocycles. The van der Waals surface area contributed by atoms with Crippen LogP contribution in [0.4, 0.5) is 0 Å². The number of furan rings is 2. The van der Waals surface area contributed by atoms with E-state index in [0.717, 1.165) is 0 Å². The Morgan fingerprint density at radius 2 is 1.27 bits per heavy atom. The predicted molar refractivity (Wildman–Crippen MR) is 78.6 cm³/mol. The first kappa shape index (κ1) is 15.2. The lowest BCUT2D eigenvalue weighted by molar-refractivity contribution is 0.0919. The summed E-state index contributed by atoms with van der Waals surface area (Å²) in [5.74, 6) is -0.650. The number of nitrogens with zero attached hydrogens (tertiary/aromatic N) is 2. The number of rotatable bonds is 5. The predicted octanol–water partition coefficient (Wildman–Crippen LogP) is 1.78. The van der Waals surface area contributed by atoms with E-state index in [1.54, 1.807) is 26.0 Å². The lowest BCUT2D eigenvalue weighted by Gasteiger charge is -2.02. The average Bonchev–Trinajstić information content (AvgIpc) is 3.22. The Kier molecular flexibility index (Phi) is 4.86. The van der Waals surface area contributed by atoms with Gasteiger partial charge in [-0.05, 0) is 38.1 Å². The second-order valence-corrected chi connectivity index (χ2v) is 4.23. The lowest BCUT2D eigenvalue weighted by atomic mass is 10.3. The fourth-order valence-electron chi connectivity index (χ4n) is 1.36.